The fraction of sp³-hybridized carbons (Fsp3) is 0.318. The van der Waals surface area contributed by atoms with Crippen molar-refractivity contribution in [2.45, 2.75) is 30.7 Å². The smallest absolute Gasteiger partial charge is 0.394 e. The van der Waals surface area contributed by atoms with E-state index in [1.807, 2.05) is 0 Å². The highest BCUT2D eigenvalue weighted by Gasteiger charge is 2.61. The average molecular weight is 436 g/mol. The number of halogens is 4. The van der Waals surface area contributed by atoms with Crippen LogP contribution in [-0.2, 0) is 11.1 Å². The number of benzene rings is 2. The van der Waals surface area contributed by atoms with Gasteiger partial charge in [-0.25, -0.2) is 4.39 Å². The first-order valence-electron chi connectivity index (χ1n) is 9.63. The van der Waals surface area contributed by atoms with E-state index in [0.29, 0.717) is 12.5 Å². The SMILES string of the molecule is CCC(CO)(CO)n1cc(-c2cc(F)cc3c2-c2ccccc2C3(O)C(F)(F)F)cn1. The molecule has 0 amide bonds. The summed E-state index contributed by atoms with van der Waals surface area (Å²) < 4.78 is 57.9. The highest BCUT2D eigenvalue weighted by Crippen LogP contribution is 2.57. The number of rotatable bonds is 5. The van der Waals surface area contributed by atoms with Crippen molar-refractivity contribution in [1.82, 2.24) is 9.78 Å². The normalized spacial score (nSPS) is 18.2. The van der Waals surface area contributed by atoms with Crippen molar-refractivity contribution in [2.75, 3.05) is 13.2 Å². The van der Waals surface area contributed by atoms with Gasteiger partial charge in [-0.3, -0.25) is 4.68 Å². The van der Waals surface area contributed by atoms with Crippen LogP contribution in [0, 0.1) is 5.82 Å². The molecule has 3 N–H and O–H groups in total. The molecule has 1 aromatic heterocycles. The fourth-order valence-corrected chi connectivity index (χ4v) is 4.18. The lowest BCUT2D eigenvalue weighted by Gasteiger charge is -2.29. The van der Waals surface area contributed by atoms with E-state index >= 15 is 0 Å². The molecule has 0 bridgehead atoms. The lowest BCUT2D eigenvalue weighted by atomic mass is 9.89. The third-order valence-electron chi connectivity index (χ3n) is 6.12. The van der Waals surface area contributed by atoms with Gasteiger partial charge in [0.25, 0.3) is 0 Å². The van der Waals surface area contributed by atoms with Crippen LogP contribution < -0.4 is 0 Å². The van der Waals surface area contributed by atoms with Crippen molar-refractivity contribution in [3.05, 3.63) is 65.7 Å². The van der Waals surface area contributed by atoms with Crippen LogP contribution in [0.3, 0.4) is 0 Å². The molecule has 0 saturated heterocycles. The number of fused-ring (bicyclic) bond motifs is 3. The topological polar surface area (TPSA) is 78.5 Å². The Morgan fingerprint density at radius 3 is 2.32 bits per heavy atom. The second-order valence-corrected chi connectivity index (χ2v) is 7.70. The van der Waals surface area contributed by atoms with Gasteiger partial charge in [0.1, 0.15) is 11.4 Å². The standard InChI is InChI=1S/C22H20F4N2O3/c1-2-20(11-29,12-30)28-10-13(9-27-28)16-7-14(23)8-18-19(16)15-5-3-4-6-17(15)21(18,31)22(24,25)26/h3-10,29-31H,2,11-12H2,1H3. The summed E-state index contributed by atoms with van der Waals surface area (Å²) in [5.41, 5.74) is -4.81. The highest BCUT2D eigenvalue weighted by molar-refractivity contribution is 5.92. The minimum atomic E-state index is -5.07. The Labute approximate surface area is 175 Å². The predicted molar refractivity (Wildman–Crippen MR) is 105 cm³/mol. The Morgan fingerprint density at radius 2 is 1.71 bits per heavy atom. The van der Waals surface area contributed by atoms with Gasteiger partial charge in [-0.1, -0.05) is 31.2 Å². The Morgan fingerprint density at radius 1 is 1.03 bits per heavy atom. The summed E-state index contributed by atoms with van der Waals surface area (Å²) in [5, 5.41) is 34.5. The zero-order chi connectivity index (χ0) is 22.6. The maximum atomic E-state index is 14.5. The summed E-state index contributed by atoms with van der Waals surface area (Å²) in [5.74, 6) is -0.942. The Kier molecular flexibility index (Phi) is 4.95. The lowest BCUT2D eigenvalue weighted by Crippen LogP contribution is -2.41. The predicted octanol–water partition coefficient (Wildman–Crippen LogP) is 3.56. The largest absolute Gasteiger partial charge is 0.425 e. The van der Waals surface area contributed by atoms with E-state index in [0.717, 1.165) is 6.07 Å². The third kappa shape index (κ3) is 2.91. The van der Waals surface area contributed by atoms with Gasteiger partial charge in [0.2, 0.25) is 5.60 Å². The molecule has 1 unspecified atom stereocenters. The van der Waals surface area contributed by atoms with Crippen molar-refractivity contribution < 1.29 is 32.9 Å². The number of hydrogen-bond donors (Lipinski definition) is 3. The molecule has 9 heteroatoms. The first-order valence-corrected chi connectivity index (χ1v) is 9.63. The van der Waals surface area contributed by atoms with E-state index < -0.39 is 41.9 Å². The van der Waals surface area contributed by atoms with Crippen molar-refractivity contribution >= 4 is 0 Å². The molecular weight excluding hydrogens is 416 g/mol. The Bertz CT molecular complexity index is 1130. The summed E-state index contributed by atoms with van der Waals surface area (Å²) in [6.07, 6.45) is -1.97. The molecule has 0 saturated carbocycles. The summed E-state index contributed by atoms with van der Waals surface area (Å²) in [7, 11) is 0. The van der Waals surface area contributed by atoms with E-state index in [9.17, 15) is 32.9 Å². The van der Waals surface area contributed by atoms with Crippen LogP contribution in [0.5, 0.6) is 0 Å². The minimum Gasteiger partial charge on any atom is -0.394 e. The van der Waals surface area contributed by atoms with Crippen LogP contribution in [0.1, 0.15) is 24.5 Å². The zero-order valence-electron chi connectivity index (χ0n) is 16.5. The van der Waals surface area contributed by atoms with E-state index in [-0.39, 0.29) is 27.8 Å². The van der Waals surface area contributed by atoms with E-state index in [1.165, 1.54) is 35.3 Å². The van der Waals surface area contributed by atoms with Gasteiger partial charge in [0.05, 0.1) is 19.4 Å². The minimum absolute atomic E-state index is 0.0615. The number of aliphatic hydroxyl groups excluding tert-OH is 2. The monoisotopic (exact) mass is 436 g/mol. The van der Waals surface area contributed by atoms with Crippen molar-refractivity contribution in [3.63, 3.8) is 0 Å². The maximum absolute atomic E-state index is 14.5. The molecule has 4 rings (SSSR count). The number of hydrogen-bond acceptors (Lipinski definition) is 4. The van der Waals surface area contributed by atoms with E-state index in [2.05, 4.69) is 5.10 Å². The van der Waals surface area contributed by atoms with Crippen LogP contribution in [0.25, 0.3) is 22.3 Å². The van der Waals surface area contributed by atoms with Crippen LogP contribution in [0.4, 0.5) is 17.6 Å². The van der Waals surface area contributed by atoms with Gasteiger partial charge in [0, 0.05) is 22.9 Å². The molecule has 0 aliphatic heterocycles. The van der Waals surface area contributed by atoms with Gasteiger partial charge < -0.3 is 15.3 Å². The third-order valence-corrected chi connectivity index (χ3v) is 6.12. The summed E-state index contributed by atoms with van der Waals surface area (Å²) in [4.78, 5) is 0. The van der Waals surface area contributed by atoms with Crippen LogP contribution >= 0.6 is 0 Å². The molecule has 164 valence electrons. The molecule has 2 aromatic carbocycles. The summed E-state index contributed by atoms with van der Waals surface area (Å²) in [6.45, 7) is 0.908. The fourth-order valence-electron chi connectivity index (χ4n) is 4.18. The second kappa shape index (κ2) is 7.15. The molecule has 3 aromatic rings. The molecule has 31 heavy (non-hydrogen) atoms. The van der Waals surface area contributed by atoms with E-state index in [1.54, 1.807) is 13.0 Å². The molecule has 1 atom stereocenters. The average Bonchev–Trinajstić information content (AvgIpc) is 3.33. The van der Waals surface area contributed by atoms with Crippen molar-refractivity contribution in [3.8, 4) is 22.3 Å². The second-order valence-electron chi connectivity index (χ2n) is 7.70. The van der Waals surface area contributed by atoms with Gasteiger partial charge in [-0.05, 0) is 35.2 Å². The molecule has 0 radical (unpaired) electrons. The van der Waals surface area contributed by atoms with Crippen molar-refractivity contribution in [2.24, 2.45) is 0 Å². The number of aromatic nitrogens is 2. The quantitative estimate of drug-likeness (QED) is 0.535. The zero-order valence-corrected chi connectivity index (χ0v) is 16.5. The van der Waals surface area contributed by atoms with Crippen molar-refractivity contribution in [1.29, 1.82) is 0 Å². The number of nitrogens with zero attached hydrogens (tertiary/aromatic N) is 2. The highest BCUT2D eigenvalue weighted by atomic mass is 19.4. The molecule has 1 aliphatic carbocycles. The number of alkyl halides is 3. The van der Waals surface area contributed by atoms with Gasteiger partial charge in [-0.2, -0.15) is 18.3 Å². The molecule has 5 nitrogen and oxygen atoms in total. The maximum Gasteiger partial charge on any atom is 0.425 e. The molecule has 1 heterocycles. The molecule has 1 aliphatic rings. The van der Waals surface area contributed by atoms with Gasteiger partial charge in [0.15, 0.2) is 0 Å². The molecular formula is C22H20F4N2O3. The first kappa shape index (κ1) is 21.5. The lowest BCUT2D eigenvalue weighted by molar-refractivity contribution is -0.246. The van der Waals surface area contributed by atoms with E-state index in [4.69, 9.17) is 0 Å². The Hall–Kier alpha value is -2.75. The Balaban J connectivity index is 1.99. The van der Waals surface area contributed by atoms with Crippen LogP contribution in [-0.4, -0.2) is 44.5 Å². The molecule has 0 fully saturated rings. The van der Waals surface area contributed by atoms with Gasteiger partial charge >= 0.3 is 6.18 Å². The number of aliphatic hydroxyl groups is 3. The molecule has 0 spiro atoms. The summed E-state index contributed by atoms with van der Waals surface area (Å²) >= 11 is 0. The van der Waals surface area contributed by atoms with Gasteiger partial charge in [-0.15, -0.1) is 0 Å². The van der Waals surface area contributed by atoms with Crippen LogP contribution in [0.2, 0.25) is 0 Å². The summed E-state index contributed by atoms with van der Waals surface area (Å²) in [6, 6.07) is 7.34. The van der Waals surface area contributed by atoms with Crippen LogP contribution in [0.15, 0.2) is 48.8 Å². The first-order chi connectivity index (χ1) is 14.6.